The Labute approximate surface area is 71.1 Å². The van der Waals surface area contributed by atoms with Gasteiger partial charge in [-0.25, -0.2) is 9.97 Å². The topological polar surface area (TPSA) is 30.2 Å². The Morgan fingerprint density at radius 3 is 2.75 bits per heavy atom. The average Bonchev–Trinajstić information content (AvgIpc) is 2.33. The van der Waals surface area contributed by atoms with Crippen LogP contribution in [0.25, 0.3) is 5.65 Å². The molecule has 2 heterocycles. The summed E-state index contributed by atoms with van der Waals surface area (Å²) < 4.78 is 2.00. The number of nitrogens with zero attached hydrogens (tertiary/aromatic N) is 3. The van der Waals surface area contributed by atoms with E-state index < -0.39 is 0 Å². The van der Waals surface area contributed by atoms with Crippen LogP contribution in [0.5, 0.6) is 0 Å². The normalized spacial score (nSPS) is 10.9. The van der Waals surface area contributed by atoms with E-state index in [-0.39, 0.29) is 0 Å². The largest absolute Gasteiger partial charge is 0.288 e. The molecule has 0 aromatic carbocycles. The first-order valence-corrected chi connectivity index (χ1v) is 3.96. The third-order valence-electron chi connectivity index (χ3n) is 2.00. The molecule has 2 aromatic heterocycles. The molecule has 0 radical (unpaired) electrons. The van der Waals surface area contributed by atoms with E-state index >= 15 is 0 Å². The van der Waals surface area contributed by atoms with Crippen molar-refractivity contribution in [3.63, 3.8) is 0 Å². The Balaban J connectivity index is 2.92. The van der Waals surface area contributed by atoms with Gasteiger partial charge in [-0.15, -0.1) is 0 Å². The molecule has 3 nitrogen and oxygen atoms in total. The van der Waals surface area contributed by atoms with Crippen LogP contribution in [0.4, 0.5) is 0 Å². The third kappa shape index (κ3) is 0.897. The maximum Gasteiger partial charge on any atom is 0.159 e. The molecule has 0 saturated carbocycles. The third-order valence-corrected chi connectivity index (χ3v) is 2.00. The minimum atomic E-state index is 0.965. The van der Waals surface area contributed by atoms with Crippen molar-refractivity contribution in [3.05, 3.63) is 29.5 Å². The second kappa shape index (κ2) is 2.30. The molecule has 0 N–H and O–H groups in total. The molecule has 0 bridgehead atoms. The first kappa shape index (κ1) is 7.28. The number of aromatic nitrogens is 3. The van der Waals surface area contributed by atoms with Gasteiger partial charge in [0.2, 0.25) is 0 Å². The number of aryl methyl sites for hydroxylation is 3. The standard InChI is InChI=1S/C9H11N3/c1-6-4-7(2)12-5-10-8(3)9(12)11-6/h4-5H,1-3H3. The Hall–Kier alpha value is -1.38. The lowest BCUT2D eigenvalue weighted by molar-refractivity contribution is 1.02. The molecular weight excluding hydrogens is 150 g/mol. The van der Waals surface area contributed by atoms with Crippen molar-refractivity contribution in [1.29, 1.82) is 0 Å². The second-order valence-electron chi connectivity index (χ2n) is 3.06. The predicted molar refractivity (Wildman–Crippen MR) is 47.2 cm³/mol. The van der Waals surface area contributed by atoms with Gasteiger partial charge in [0, 0.05) is 11.4 Å². The molecule has 2 aromatic rings. The number of rotatable bonds is 0. The molecule has 0 fully saturated rings. The van der Waals surface area contributed by atoms with E-state index in [1.54, 1.807) is 0 Å². The summed E-state index contributed by atoms with van der Waals surface area (Å²) in [5, 5.41) is 0. The van der Waals surface area contributed by atoms with Gasteiger partial charge in [0.05, 0.1) is 5.69 Å². The van der Waals surface area contributed by atoms with Crippen LogP contribution in [0.3, 0.4) is 0 Å². The van der Waals surface area contributed by atoms with E-state index in [1.807, 2.05) is 30.6 Å². The summed E-state index contributed by atoms with van der Waals surface area (Å²) in [4.78, 5) is 8.59. The molecule has 0 aliphatic rings. The highest BCUT2D eigenvalue weighted by Crippen LogP contribution is 2.09. The summed E-state index contributed by atoms with van der Waals surface area (Å²) in [7, 11) is 0. The molecule has 62 valence electrons. The summed E-state index contributed by atoms with van der Waals surface area (Å²) in [6.45, 7) is 6.03. The van der Waals surface area contributed by atoms with Gasteiger partial charge in [-0.05, 0) is 26.8 Å². The van der Waals surface area contributed by atoms with Gasteiger partial charge in [0.1, 0.15) is 6.33 Å². The summed E-state index contributed by atoms with van der Waals surface area (Å²) in [6.07, 6.45) is 1.81. The minimum absolute atomic E-state index is 0.965. The van der Waals surface area contributed by atoms with Gasteiger partial charge in [0.25, 0.3) is 0 Å². The van der Waals surface area contributed by atoms with Crippen molar-refractivity contribution >= 4 is 5.65 Å². The van der Waals surface area contributed by atoms with Crippen LogP contribution in [0, 0.1) is 20.8 Å². The lowest BCUT2D eigenvalue weighted by atomic mass is 10.3. The molecule has 12 heavy (non-hydrogen) atoms. The van der Waals surface area contributed by atoms with Crippen molar-refractivity contribution in [2.75, 3.05) is 0 Å². The molecule has 0 amide bonds. The van der Waals surface area contributed by atoms with Crippen LogP contribution in [0.1, 0.15) is 17.1 Å². The SMILES string of the molecule is Cc1cc(C)n2cnc(C)c2n1. The molecule has 0 unspecified atom stereocenters. The molecule has 3 heteroatoms. The highest BCUT2D eigenvalue weighted by Gasteiger charge is 2.02. The molecular formula is C9H11N3. The zero-order valence-electron chi connectivity index (χ0n) is 7.50. The molecule has 0 aliphatic heterocycles. The van der Waals surface area contributed by atoms with Gasteiger partial charge < -0.3 is 0 Å². The average molecular weight is 161 g/mol. The highest BCUT2D eigenvalue weighted by atomic mass is 15.1. The fraction of sp³-hybridized carbons (Fsp3) is 0.333. The lowest BCUT2D eigenvalue weighted by Gasteiger charge is -2.00. The number of imidazole rings is 1. The smallest absolute Gasteiger partial charge is 0.159 e. The summed E-state index contributed by atoms with van der Waals surface area (Å²) >= 11 is 0. The monoisotopic (exact) mass is 161 g/mol. The molecule has 0 saturated heterocycles. The van der Waals surface area contributed by atoms with Gasteiger partial charge in [-0.2, -0.15) is 0 Å². The lowest BCUT2D eigenvalue weighted by Crippen LogP contribution is -1.94. The molecule has 2 rings (SSSR count). The predicted octanol–water partition coefficient (Wildman–Crippen LogP) is 1.65. The Bertz CT molecular complexity index is 429. The van der Waals surface area contributed by atoms with Crippen LogP contribution in [0.2, 0.25) is 0 Å². The maximum atomic E-state index is 4.40. The van der Waals surface area contributed by atoms with Crippen molar-refractivity contribution in [3.8, 4) is 0 Å². The van der Waals surface area contributed by atoms with Gasteiger partial charge in [-0.3, -0.25) is 4.40 Å². The van der Waals surface area contributed by atoms with E-state index in [4.69, 9.17) is 0 Å². The van der Waals surface area contributed by atoms with E-state index in [0.29, 0.717) is 0 Å². The second-order valence-corrected chi connectivity index (χ2v) is 3.06. The van der Waals surface area contributed by atoms with Crippen molar-refractivity contribution < 1.29 is 0 Å². The molecule has 0 spiro atoms. The first-order valence-electron chi connectivity index (χ1n) is 3.96. The van der Waals surface area contributed by atoms with Crippen molar-refractivity contribution in [2.24, 2.45) is 0 Å². The van der Waals surface area contributed by atoms with Gasteiger partial charge >= 0.3 is 0 Å². The van der Waals surface area contributed by atoms with Crippen LogP contribution >= 0.6 is 0 Å². The molecule has 0 aliphatic carbocycles. The van der Waals surface area contributed by atoms with Crippen LogP contribution in [-0.2, 0) is 0 Å². The Morgan fingerprint density at radius 1 is 1.25 bits per heavy atom. The van der Waals surface area contributed by atoms with Crippen LogP contribution in [-0.4, -0.2) is 14.4 Å². The Kier molecular flexibility index (Phi) is 1.40. The van der Waals surface area contributed by atoms with Gasteiger partial charge in [-0.1, -0.05) is 0 Å². The summed E-state index contributed by atoms with van der Waals surface area (Å²) in [5.41, 5.74) is 4.18. The fourth-order valence-electron chi connectivity index (χ4n) is 1.40. The highest BCUT2D eigenvalue weighted by molar-refractivity contribution is 5.45. The summed E-state index contributed by atoms with van der Waals surface area (Å²) in [6, 6.07) is 2.05. The van der Waals surface area contributed by atoms with E-state index in [9.17, 15) is 0 Å². The van der Waals surface area contributed by atoms with Crippen molar-refractivity contribution in [1.82, 2.24) is 14.4 Å². The van der Waals surface area contributed by atoms with E-state index in [0.717, 1.165) is 17.0 Å². The van der Waals surface area contributed by atoms with Gasteiger partial charge in [0.15, 0.2) is 5.65 Å². The Morgan fingerprint density at radius 2 is 2.00 bits per heavy atom. The zero-order chi connectivity index (χ0) is 8.72. The minimum Gasteiger partial charge on any atom is -0.288 e. The number of hydrogen-bond acceptors (Lipinski definition) is 2. The quantitative estimate of drug-likeness (QED) is 0.588. The van der Waals surface area contributed by atoms with Crippen LogP contribution < -0.4 is 0 Å². The van der Waals surface area contributed by atoms with E-state index in [2.05, 4.69) is 16.9 Å². The number of fused-ring (bicyclic) bond motifs is 1. The van der Waals surface area contributed by atoms with Crippen LogP contribution in [0.15, 0.2) is 12.4 Å². The fourth-order valence-corrected chi connectivity index (χ4v) is 1.40. The first-order chi connectivity index (χ1) is 5.68. The molecule has 0 atom stereocenters. The summed E-state index contributed by atoms with van der Waals surface area (Å²) in [5.74, 6) is 0. The number of hydrogen-bond donors (Lipinski definition) is 0. The van der Waals surface area contributed by atoms with Crippen molar-refractivity contribution in [2.45, 2.75) is 20.8 Å². The van der Waals surface area contributed by atoms with E-state index in [1.165, 1.54) is 5.69 Å². The maximum absolute atomic E-state index is 4.40. The zero-order valence-corrected chi connectivity index (χ0v) is 7.50.